The molecule has 0 saturated carbocycles. The Morgan fingerprint density at radius 1 is 1.29 bits per heavy atom. The molecule has 1 aromatic carbocycles. The minimum absolute atomic E-state index is 0.0444. The third-order valence-corrected chi connectivity index (χ3v) is 5.24. The highest BCUT2D eigenvalue weighted by Crippen LogP contribution is 2.22. The lowest BCUT2D eigenvalue weighted by Crippen LogP contribution is -2.39. The van der Waals surface area contributed by atoms with Crippen LogP contribution in [0.4, 0.5) is 8.78 Å². The van der Waals surface area contributed by atoms with Crippen molar-refractivity contribution in [1.82, 2.24) is 4.90 Å². The maximum absolute atomic E-state index is 12.7. The Balaban J connectivity index is 2.10. The van der Waals surface area contributed by atoms with Crippen LogP contribution in [0.3, 0.4) is 0 Å². The standard InChI is InChI=1S/C14H17F2NO3S/c15-13(16)9-17(8-11-4-2-1-3-5-11)14(18)12-6-7-21(19,20)10-12/h1-5,12-13H,6-10H2/t12-/m0/s1. The summed E-state index contributed by atoms with van der Waals surface area (Å²) in [7, 11) is -3.21. The van der Waals surface area contributed by atoms with Crippen molar-refractivity contribution in [2.45, 2.75) is 19.4 Å². The van der Waals surface area contributed by atoms with Crippen molar-refractivity contribution in [1.29, 1.82) is 0 Å². The zero-order chi connectivity index (χ0) is 15.5. The van der Waals surface area contributed by atoms with Gasteiger partial charge in [-0.15, -0.1) is 0 Å². The van der Waals surface area contributed by atoms with Crippen LogP contribution in [0.2, 0.25) is 0 Å². The first kappa shape index (κ1) is 15.9. The maximum Gasteiger partial charge on any atom is 0.255 e. The molecule has 1 atom stereocenters. The van der Waals surface area contributed by atoms with E-state index in [1.807, 2.05) is 0 Å². The monoisotopic (exact) mass is 317 g/mol. The van der Waals surface area contributed by atoms with E-state index in [4.69, 9.17) is 0 Å². The summed E-state index contributed by atoms with van der Waals surface area (Å²) in [5.74, 6) is -1.48. The Morgan fingerprint density at radius 2 is 1.95 bits per heavy atom. The molecular formula is C14H17F2NO3S. The molecule has 1 fully saturated rings. The van der Waals surface area contributed by atoms with Gasteiger partial charge in [0.25, 0.3) is 6.43 Å². The summed E-state index contributed by atoms with van der Waals surface area (Å²) >= 11 is 0. The number of hydrogen-bond donors (Lipinski definition) is 0. The molecule has 1 saturated heterocycles. The molecule has 4 nitrogen and oxygen atoms in total. The second-order valence-corrected chi connectivity index (χ2v) is 7.42. The molecule has 1 amide bonds. The van der Waals surface area contributed by atoms with E-state index >= 15 is 0 Å². The summed E-state index contributed by atoms with van der Waals surface area (Å²) in [6.07, 6.45) is -2.42. The van der Waals surface area contributed by atoms with Crippen molar-refractivity contribution in [2.75, 3.05) is 18.1 Å². The predicted molar refractivity (Wildman–Crippen MR) is 74.6 cm³/mol. The van der Waals surface area contributed by atoms with Crippen LogP contribution in [0.25, 0.3) is 0 Å². The molecular weight excluding hydrogens is 300 g/mol. The summed E-state index contributed by atoms with van der Waals surface area (Å²) in [4.78, 5) is 13.4. The topological polar surface area (TPSA) is 54.5 Å². The van der Waals surface area contributed by atoms with Crippen LogP contribution >= 0.6 is 0 Å². The van der Waals surface area contributed by atoms with Gasteiger partial charge in [0.05, 0.1) is 24.0 Å². The largest absolute Gasteiger partial charge is 0.332 e. The van der Waals surface area contributed by atoms with E-state index in [1.165, 1.54) is 0 Å². The molecule has 7 heteroatoms. The molecule has 0 unspecified atom stereocenters. The minimum atomic E-state index is -3.21. The molecule has 1 heterocycles. The van der Waals surface area contributed by atoms with Gasteiger partial charge in [-0.1, -0.05) is 30.3 Å². The number of alkyl halides is 2. The second kappa shape index (κ2) is 6.51. The van der Waals surface area contributed by atoms with Gasteiger partial charge >= 0.3 is 0 Å². The van der Waals surface area contributed by atoms with E-state index in [9.17, 15) is 22.0 Å². The van der Waals surface area contributed by atoms with Crippen molar-refractivity contribution >= 4 is 15.7 Å². The predicted octanol–water partition coefficient (Wildman–Crippen LogP) is 1.71. The second-order valence-electron chi connectivity index (χ2n) is 5.20. The Bertz CT molecular complexity index is 589. The highest BCUT2D eigenvalue weighted by Gasteiger charge is 2.36. The molecule has 0 radical (unpaired) electrons. The van der Waals surface area contributed by atoms with Crippen LogP contribution in [-0.2, 0) is 21.2 Å². The van der Waals surface area contributed by atoms with Gasteiger partial charge in [-0.3, -0.25) is 4.79 Å². The van der Waals surface area contributed by atoms with E-state index in [2.05, 4.69) is 0 Å². The average Bonchev–Trinajstić information content (AvgIpc) is 2.78. The maximum atomic E-state index is 12.7. The smallest absolute Gasteiger partial charge is 0.255 e. The summed E-state index contributed by atoms with van der Waals surface area (Å²) in [6.45, 7) is -0.606. The van der Waals surface area contributed by atoms with Crippen molar-refractivity contribution in [2.24, 2.45) is 5.92 Å². The van der Waals surface area contributed by atoms with Gasteiger partial charge in [-0.2, -0.15) is 0 Å². The zero-order valence-corrected chi connectivity index (χ0v) is 12.2. The van der Waals surface area contributed by atoms with Crippen molar-refractivity contribution in [3.8, 4) is 0 Å². The molecule has 1 aliphatic rings. The summed E-state index contributed by atoms with van der Waals surface area (Å²) in [5.41, 5.74) is 0.743. The van der Waals surface area contributed by atoms with E-state index in [1.54, 1.807) is 30.3 Å². The molecule has 2 rings (SSSR count). The van der Waals surface area contributed by atoms with Crippen LogP contribution in [0.15, 0.2) is 30.3 Å². The third kappa shape index (κ3) is 4.49. The van der Waals surface area contributed by atoms with E-state index in [0.29, 0.717) is 0 Å². The Hall–Kier alpha value is -1.50. The molecule has 1 aliphatic heterocycles. The summed E-state index contributed by atoms with van der Waals surface area (Å²) in [5, 5.41) is 0. The number of carbonyl (C=O) groups excluding carboxylic acids is 1. The first-order valence-corrected chi connectivity index (χ1v) is 8.51. The van der Waals surface area contributed by atoms with Crippen LogP contribution in [-0.4, -0.2) is 43.7 Å². The zero-order valence-electron chi connectivity index (χ0n) is 11.4. The molecule has 0 aliphatic carbocycles. The Kier molecular flexibility index (Phi) is 4.92. The van der Waals surface area contributed by atoms with Crippen LogP contribution < -0.4 is 0 Å². The van der Waals surface area contributed by atoms with Gasteiger partial charge in [0, 0.05) is 6.54 Å². The fourth-order valence-electron chi connectivity index (χ4n) is 2.45. The number of halogens is 2. The van der Waals surface area contributed by atoms with Gasteiger partial charge in [0.15, 0.2) is 9.84 Å². The number of benzene rings is 1. The SMILES string of the molecule is O=C([C@H]1CCS(=O)(=O)C1)N(Cc1ccccc1)CC(F)F. The van der Waals surface area contributed by atoms with Crippen LogP contribution in [0.1, 0.15) is 12.0 Å². The van der Waals surface area contributed by atoms with Gasteiger partial charge in [0.2, 0.25) is 5.91 Å². The molecule has 0 spiro atoms. The Morgan fingerprint density at radius 3 is 2.48 bits per heavy atom. The molecule has 21 heavy (non-hydrogen) atoms. The number of carbonyl (C=O) groups is 1. The Labute approximate surface area is 122 Å². The van der Waals surface area contributed by atoms with Gasteiger partial charge in [-0.25, -0.2) is 17.2 Å². The molecule has 0 N–H and O–H groups in total. The molecule has 116 valence electrons. The number of hydrogen-bond acceptors (Lipinski definition) is 3. The summed E-state index contributed by atoms with van der Waals surface area (Å²) < 4.78 is 48.2. The van der Waals surface area contributed by atoms with E-state index in [0.717, 1.165) is 10.5 Å². The van der Waals surface area contributed by atoms with Gasteiger partial charge in [0.1, 0.15) is 0 Å². The van der Waals surface area contributed by atoms with Crippen molar-refractivity contribution in [3.05, 3.63) is 35.9 Å². The quantitative estimate of drug-likeness (QED) is 0.831. The van der Waals surface area contributed by atoms with E-state index < -0.39 is 34.6 Å². The summed E-state index contributed by atoms with van der Waals surface area (Å²) in [6, 6.07) is 8.82. The molecule has 1 aromatic rings. The molecule has 0 aromatic heterocycles. The number of sulfone groups is 1. The third-order valence-electron chi connectivity index (χ3n) is 3.47. The minimum Gasteiger partial charge on any atom is -0.332 e. The first-order chi connectivity index (χ1) is 9.87. The normalized spacial score (nSPS) is 20.6. The highest BCUT2D eigenvalue weighted by atomic mass is 32.2. The fraction of sp³-hybridized carbons (Fsp3) is 0.500. The molecule has 0 bridgehead atoms. The van der Waals surface area contributed by atoms with Crippen LogP contribution in [0, 0.1) is 5.92 Å². The number of rotatable bonds is 5. The van der Waals surface area contributed by atoms with Crippen LogP contribution in [0.5, 0.6) is 0 Å². The average molecular weight is 317 g/mol. The number of amides is 1. The van der Waals surface area contributed by atoms with Crippen molar-refractivity contribution in [3.63, 3.8) is 0 Å². The fourth-order valence-corrected chi connectivity index (χ4v) is 4.18. The van der Waals surface area contributed by atoms with Crippen molar-refractivity contribution < 1.29 is 22.0 Å². The number of nitrogens with zero attached hydrogens (tertiary/aromatic N) is 1. The first-order valence-electron chi connectivity index (χ1n) is 6.68. The lowest BCUT2D eigenvalue weighted by molar-refractivity contribution is -0.137. The lowest BCUT2D eigenvalue weighted by Gasteiger charge is -2.25. The highest BCUT2D eigenvalue weighted by molar-refractivity contribution is 7.91. The van der Waals surface area contributed by atoms with Gasteiger partial charge < -0.3 is 4.90 Å². The lowest BCUT2D eigenvalue weighted by atomic mass is 10.1. The van der Waals surface area contributed by atoms with E-state index in [-0.39, 0.29) is 24.5 Å². The van der Waals surface area contributed by atoms with Gasteiger partial charge in [-0.05, 0) is 12.0 Å².